The molecule has 170 valence electrons. The number of hydrogen-bond acceptors (Lipinski definition) is 5. The molecule has 1 unspecified atom stereocenters. The van der Waals surface area contributed by atoms with E-state index in [0.717, 1.165) is 74.0 Å². The van der Waals surface area contributed by atoms with Gasteiger partial charge in [-0.05, 0) is 56.2 Å². The molecule has 32 heavy (non-hydrogen) atoms. The zero-order valence-corrected chi connectivity index (χ0v) is 18.9. The molecule has 1 fully saturated rings. The average molecular weight is 437 g/mol. The molecule has 6 nitrogen and oxygen atoms in total. The molecule has 2 heterocycles. The fourth-order valence-corrected chi connectivity index (χ4v) is 4.08. The van der Waals surface area contributed by atoms with Crippen LogP contribution in [0.3, 0.4) is 0 Å². The van der Waals surface area contributed by atoms with Crippen LogP contribution < -0.4 is 14.8 Å². The predicted molar refractivity (Wildman–Crippen MR) is 126 cm³/mol. The summed E-state index contributed by atoms with van der Waals surface area (Å²) in [6.07, 6.45) is 5.35. The molecular weight excluding hydrogens is 404 g/mol. The zero-order valence-electron chi connectivity index (χ0n) is 18.9. The second-order valence-corrected chi connectivity index (χ2v) is 8.29. The number of morpholine rings is 1. The zero-order chi connectivity index (χ0) is 22.3. The van der Waals surface area contributed by atoms with Crippen molar-refractivity contribution in [3.8, 4) is 11.5 Å². The highest BCUT2D eigenvalue weighted by Gasteiger charge is 2.21. The maximum absolute atomic E-state index is 12.5. The summed E-state index contributed by atoms with van der Waals surface area (Å²) >= 11 is 0. The van der Waals surface area contributed by atoms with Crippen LogP contribution in [0.5, 0.6) is 11.5 Å². The Morgan fingerprint density at radius 3 is 2.75 bits per heavy atom. The number of rotatable bonds is 8. The van der Waals surface area contributed by atoms with E-state index in [9.17, 15) is 4.79 Å². The van der Waals surface area contributed by atoms with Crippen molar-refractivity contribution in [2.75, 3.05) is 44.8 Å². The van der Waals surface area contributed by atoms with Crippen molar-refractivity contribution in [2.45, 2.75) is 32.8 Å². The summed E-state index contributed by atoms with van der Waals surface area (Å²) in [6, 6.07) is 12.0. The minimum atomic E-state index is -0.177. The third-order valence-electron chi connectivity index (χ3n) is 5.78. The monoisotopic (exact) mass is 436 g/mol. The van der Waals surface area contributed by atoms with Crippen LogP contribution in [0.1, 0.15) is 30.5 Å². The maximum atomic E-state index is 12.5. The van der Waals surface area contributed by atoms with Crippen molar-refractivity contribution < 1.29 is 19.0 Å². The number of nitrogens with zero attached hydrogens (tertiary/aromatic N) is 1. The van der Waals surface area contributed by atoms with Gasteiger partial charge in [0.25, 0.3) is 0 Å². The number of fused-ring (bicyclic) bond motifs is 1. The molecule has 2 aliphatic rings. The molecule has 0 spiro atoms. The minimum Gasteiger partial charge on any atom is -0.493 e. The lowest BCUT2D eigenvalue weighted by Crippen LogP contribution is -2.37. The summed E-state index contributed by atoms with van der Waals surface area (Å²) in [5.74, 6) is 1.47. The fraction of sp³-hybridized carbons (Fsp3) is 0.423. The first kappa shape index (κ1) is 22.4. The van der Waals surface area contributed by atoms with Gasteiger partial charge in [0.15, 0.2) is 0 Å². The molecule has 0 bridgehead atoms. The SMILES string of the molecule is CCOc1cc2c(cc1/C=C/C(=O)Nc1ccc(CCN3CCOCC3)cc1)OC(C)C2. The highest BCUT2D eigenvalue weighted by molar-refractivity contribution is 6.02. The van der Waals surface area contributed by atoms with Crippen LogP contribution in [0.15, 0.2) is 42.5 Å². The van der Waals surface area contributed by atoms with Crippen molar-refractivity contribution in [1.29, 1.82) is 0 Å². The van der Waals surface area contributed by atoms with Crippen molar-refractivity contribution in [3.05, 3.63) is 59.2 Å². The minimum absolute atomic E-state index is 0.166. The quantitative estimate of drug-likeness (QED) is 0.636. The van der Waals surface area contributed by atoms with Crippen molar-refractivity contribution in [1.82, 2.24) is 4.90 Å². The van der Waals surface area contributed by atoms with E-state index in [1.807, 2.05) is 31.2 Å². The molecule has 0 aromatic heterocycles. The molecular formula is C26H32N2O4. The molecule has 2 aromatic carbocycles. The van der Waals surface area contributed by atoms with E-state index in [1.165, 1.54) is 11.6 Å². The topological polar surface area (TPSA) is 60.0 Å². The second-order valence-electron chi connectivity index (χ2n) is 8.29. The highest BCUT2D eigenvalue weighted by atomic mass is 16.5. The van der Waals surface area contributed by atoms with Gasteiger partial charge in [-0.15, -0.1) is 0 Å². The van der Waals surface area contributed by atoms with E-state index in [-0.39, 0.29) is 12.0 Å². The number of carbonyl (C=O) groups is 1. The number of carbonyl (C=O) groups excluding carboxylic acids is 1. The molecule has 1 saturated heterocycles. The average Bonchev–Trinajstić information content (AvgIpc) is 3.17. The largest absolute Gasteiger partial charge is 0.493 e. The van der Waals surface area contributed by atoms with E-state index in [4.69, 9.17) is 14.2 Å². The molecule has 1 amide bonds. The van der Waals surface area contributed by atoms with Gasteiger partial charge < -0.3 is 19.5 Å². The predicted octanol–water partition coefficient (Wildman–Crippen LogP) is 3.94. The lowest BCUT2D eigenvalue weighted by atomic mass is 10.1. The van der Waals surface area contributed by atoms with Crippen LogP contribution in [-0.4, -0.2) is 56.4 Å². The normalized spacial score (nSPS) is 18.4. The van der Waals surface area contributed by atoms with Gasteiger partial charge in [0, 0.05) is 48.9 Å². The van der Waals surface area contributed by atoms with E-state index >= 15 is 0 Å². The fourth-order valence-electron chi connectivity index (χ4n) is 4.08. The summed E-state index contributed by atoms with van der Waals surface area (Å²) in [5.41, 5.74) is 4.04. The number of anilines is 1. The lowest BCUT2D eigenvalue weighted by molar-refractivity contribution is -0.111. The maximum Gasteiger partial charge on any atom is 0.248 e. The van der Waals surface area contributed by atoms with Gasteiger partial charge >= 0.3 is 0 Å². The molecule has 1 N–H and O–H groups in total. The standard InChI is InChI=1S/C26H32N2O4/c1-3-31-24-18-22-16-19(2)32-25(22)17-21(24)6-9-26(29)27-23-7-4-20(5-8-23)10-11-28-12-14-30-15-13-28/h4-9,17-19H,3,10-16H2,1-2H3,(H,27,29)/b9-6+. The Kier molecular flexibility index (Phi) is 7.45. The van der Waals surface area contributed by atoms with Gasteiger partial charge in [0.05, 0.1) is 19.8 Å². The molecule has 2 aliphatic heterocycles. The Balaban J connectivity index is 1.33. The molecule has 6 heteroatoms. The smallest absolute Gasteiger partial charge is 0.248 e. The summed E-state index contributed by atoms with van der Waals surface area (Å²) in [7, 11) is 0. The third kappa shape index (κ3) is 5.90. The molecule has 4 rings (SSSR count). The third-order valence-corrected chi connectivity index (χ3v) is 5.78. The molecule has 2 aromatic rings. The molecule has 0 saturated carbocycles. The first-order chi connectivity index (χ1) is 15.6. The van der Waals surface area contributed by atoms with Crippen molar-refractivity contribution in [2.24, 2.45) is 0 Å². The summed E-state index contributed by atoms with van der Waals surface area (Å²) in [6.45, 7) is 9.25. The lowest BCUT2D eigenvalue weighted by Gasteiger charge is -2.26. The van der Waals surface area contributed by atoms with Crippen LogP contribution in [0.4, 0.5) is 5.69 Å². The van der Waals surface area contributed by atoms with Gasteiger partial charge in [-0.25, -0.2) is 0 Å². The van der Waals surface area contributed by atoms with E-state index in [1.54, 1.807) is 6.08 Å². The second kappa shape index (κ2) is 10.7. The number of hydrogen-bond donors (Lipinski definition) is 1. The Morgan fingerprint density at radius 2 is 2.00 bits per heavy atom. The van der Waals surface area contributed by atoms with Crippen molar-refractivity contribution in [3.63, 3.8) is 0 Å². The molecule has 0 radical (unpaired) electrons. The van der Waals surface area contributed by atoms with Crippen LogP contribution >= 0.6 is 0 Å². The van der Waals surface area contributed by atoms with Crippen LogP contribution in [0.25, 0.3) is 6.08 Å². The van der Waals surface area contributed by atoms with Crippen LogP contribution in [-0.2, 0) is 22.4 Å². The summed E-state index contributed by atoms with van der Waals surface area (Å²) in [5, 5.41) is 2.93. The van der Waals surface area contributed by atoms with E-state index in [0.29, 0.717) is 6.61 Å². The molecule has 0 aliphatic carbocycles. The number of amides is 1. The Labute approximate surface area is 190 Å². The summed E-state index contributed by atoms with van der Waals surface area (Å²) < 4.78 is 17.0. The first-order valence-corrected chi connectivity index (χ1v) is 11.4. The van der Waals surface area contributed by atoms with Crippen LogP contribution in [0, 0.1) is 0 Å². The van der Waals surface area contributed by atoms with Gasteiger partial charge in [-0.1, -0.05) is 12.1 Å². The Hall–Kier alpha value is -2.83. The number of nitrogens with one attached hydrogen (secondary N) is 1. The Morgan fingerprint density at radius 1 is 1.22 bits per heavy atom. The van der Waals surface area contributed by atoms with Crippen LogP contribution in [0.2, 0.25) is 0 Å². The first-order valence-electron chi connectivity index (χ1n) is 11.4. The highest BCUT2D eigenvalue weighted by Crippen LogP contribution is 2.35. The van der Waals surface area contributed by atoms with Gasteiger partial charge in [0.1, 0.15) is 17.6 Å². The van der Waals surface area contributed by atoms with E-state index in [2.05, 4.69) is 29.3 Å². The van der Waals surface area contributed by atoms with Gasteiger partial charge in [0.2, 0.25) is 5.91 Å². The van der Waals surface area contributed by atoms with Gasteiger partial charge in [-0.3, -0.25) is 9.69 Å². The van der Waals surface area contributed by atoms with Crippen molar-refractivity contribution >= 4 is 17.7 Å². The Bertz CT molecular complexity index is 949. The van der Waals surface area contributed by atoms with Gasteiger partial charge in [-0.2, -0.15) is 0 Å². The number of ether oxygens (including phenoxy) is 3. The molecule has 1 atom stereocenters. The van der Waals surface area contributed by atoms with E-state index < -0.39 is 0 Å². The number of benzene rings is 2. The summed E-state index contributed by atoms with van der Waals surface area (Å²) in [4.78, 5) is 14.9.